The molecule has 0 saturated heterocycles. The third kappa shape index (κ3) is 3.74. The van der Waals surface area contributed by atoms with E-state index < -0.39 is 0 Å². The van der Waals surface area contributed by atoms with Crippen LogP contribution in [0, 0.1) is 5.92 Å². The Morgan fingerprint density at radius 2 is 1.87 bits per heavy atom. The van der Waals surface area contributed by atoms with Gasteiger partial charge in [0.05, 0.1) is 6.61 Å². The lowest BCUT2D eigenvalue weighted by molar-refractivity contribution is -0.141. The molecular weight excluding hydrogens is 188 g/mol. The van der Waals surface area contributed by atoms with Crippen LogP contribution in [0.4, 0.5) is 0 Å². The molecule has 0 fully saturated rings. The summed E-state index contributed by atoms with van der Waals surface area (Å²) in [6, 6.07) is 10.2. The highest BCUT2D eigenvalue weighted by Crippen LogP contribution is 2.24. The molecule has 0 amide bonds. The van der Waals surface area contributed by atoms with E-state index in [1.54, 1.807) is 0 Å². The van der Waals surface area contributed by atoms with Crippen molar-refractivity contribution in [2.45, 2.75) is 26.7 Å². The van der Waals surface area contributed by atoms with Crippen LogP contribution in [0.2, 0.25) is 0 Å². The first-order valence-corrected chi connectivity index (χ1v) is 5.29. The van der Waals surface area contributed by atoms with E-state index in [1.807, 2.05) is 18.2 Å². The largest absolute Gasteiger partial charge is 0.465 e. The maximum absolute atomic E-state index is 10.8. The molecule has 0 unspecified atom stereocenters. The summed E-state index contributed by atoms with van der Waals surface area (Å²) < 4.78 is 5.08. The van der Waals surface area contributed by atoms with Crippen molar-refractivity contribution in [3.05, 3.63) is 35.9 Å². The van der Waals surface area contributed by atoms with Gasteiger partial charge in [-0.2, -0.15) is 0 Å². The van der Waals surface area contributed by atoms with Gasteiger partial charge in [-0.3, -0.25) is 4.79 Å². The zero-order valence-corrected chi connectivity index (χ0v) is 9.57. The van der Waals surface area contributed by atoms with Gasteiger partial charge >= 0.3 is 5.97 Å². The Balaban J connectivity index is 2.70. The molecule has 0 heterocycles. The van der Waals surface area contributed by atoms with Crippen LogP contribution in [0.1, 0.15) is 32.3 Å². The molecule has 2 nitrogen and oxygen atoms in total. The second-order valence-corrected chi connectivity index (χ2v) is 4.06. The summed E-state index contributed by atoms with van der Waals surface area (Å²) in [5, 5.41) is 0. The van der Waals surface area contributed by atoms with Gasteiger partial charge < -0.3 is 4.74 Å². The summed E-state index contributed by atoms with van der Waals surface area (Å²) in [7, 11) is 0. The van der Waals surface area contributed by atoms with Gasteiger partial charge in [0, 0.05) is 12.8 Å². The van der Waals surface area contributed by atoms with E-state index in [-0.39, 0.29) is 11.9 Å². The quantitative estimate of drug-likeness (QED) is 0.708. The number of carbonyl (C=O) groups excluding carboxylic acids is 1. The zero-order valence-electron chi connectivity index (χ0n) is 9.57. The molecule has 0 bridgehead atoms. The van der Waals surface area contributed by atoms with Crippen LogP contribution in [-0.4, -0.2) is 12.6 Å². The highest BCUT2D eigenvalue weighted by molar-refractivity contribution is 5.65. The fourth-order valence-electron chi connectivity index (χ4n) is 1.58. The van der Waals surface area contributed by atoms with E-state index in [0.29, 0.717) is 12.5 Å². The minimum absolute atomic E-state index is 0.211. The highest BCUT2D eigenvalue weighted by atomic mass is 16.5. The van der Waals surface area contributed by atoms with Crippen molar-refractivity contribution < 1.29 is 9.53 Å². The van der Waals surface area contributed by atoms with Gasteiger partial charge in [-0.15, -0.1) is 0 Å². The van der Waals surface area contributed by atoms with Crippen LogP contribution in [0.25, 0.3) is 0 Å². The third-order valence-corrected chi connectivity index (χ3v) is 2.50. The number of ether oxygens (including phenoxy) is 1. The Morgan fingerprint density at radius 3 is 2.33 bits per heavy atom. The lowest BCUT2D eigenvalue weighted by atomic mass is 9.89. The van der Waals surface area contributed by atoms with Crippen molar-refractivity contribution in [3.8, 4) is 0 Å². The van der Waals surface area contributed by atoms with Crippen molar-refractivity contribution in [3.63, 3.8) is 0 Å². The van der Waals surface area contributed by atoms with Crippen molar-refractivity contribution >= 4 is 5.97 Å². The van der Waals surface area contributed by atoms with Crippen LogP contribution in [0.15, 0.2) is 30.3 Å². The molecule has 2 heteroatoms. The van der Waals surface area contributed by atoms with Crippen LogP contribution in [-0.2, 0) is 9.53 Å². The first-order chi connectivity index (χ1) is 7.11. The lowest BCUT2D eigenvalue weighted by Gasteiger charge is -2.20. The molecule has 0 aliphatic carbocycles. The van der Waals surface area contributed by atoms with Crippen LogP contribution < -0.4 is 0 Å². The summed E-state index contributed by atoms with van der Waals surface area (Å²) in [6.45, 7) is 6.20. The van der Waals surface area contributed by atoms with Gasteiger partial charge in [0.15, 0.2) is 0 Å². The Labute approximate surface area is 91.3 Å². The first kappa shape index (κ1) is 11.8. The summed E-state index contributed by atoms with van der Waals surface area (Å²) in [5.41, 5.74) is 1.23. The SMILES string of the molecule is CC(=O)OC[C@H](c1ccccc1)C(C)C. The van der Waals surface area contributed by atoms with Gasteiger partial charge in [-0.05, 0) is 11.5 Å². The molecule has 0 aliphatic heterocycles. The summed E-state index contributed by atoms with van der Waals surface area (Å²) in [5.74, 6) is 0.540. The predicted molar refractivity (Wildman–Crippen MR) is 60.7 cm³/mol. The number of carbonyl (C=O) groups is 1. The van der Waals surface area contributed by atoms with E-state index in [2.05, 4.69) is 26.0 Å². The van der Waals surface area contributed by atoms with Gasteiger partial charge in [-0.1, -0.05) is 44.2 Å². The third-order valence-electron chi connectivity index (χ3n) is 2.50. The molecule has 0 aromatic heterocycles. The highest BCUT2D eigenvalue weighted by Gasteiger charge is 2.16. The second-order valence-electron chi connectivity index (χ2n) is 4.06. The molecule has 1 atom stereocenters. The first-order valence-electron chi connectivity index (χ1n) is 5.29. The predicted octanol–water partition coefficient (Wildman–Crippen LogP) is 2.99. The number of benzene rings is 1. The molecule has 1 aromatic rings. The minimum Gasteiger partial charge on any atom is -0.465 e. The maximum Gasteiger partial charge on any atom is 0.302 e. The fraction of sp³-hybridized carbons (Fsp3) is 0.462. The van der Waals surface area contributed by atoms with Crippen LogP contribution in [0.3, 0.4) is 0 Å². The van der Waals surface area contributed by atoms with Gasteiger partial charge in [0.25, 0.3) is 0 Å². The molecule has 0 spiro atoms. The molecular formula is C13H18O2. The topological polar surface area (TPSA) is 26.3 Å². The van der Waals surface area contributed by atoms with Gasteiger partial charge in [-0.25, -0.2) is 0 Å². The van der Waals surface area contributed by atoms with Crippen LogP contribution in [0.5, 0.6) is 0 Å². The van der Waals surface area contributed by atoms with Crippen molar-refractivity contribution in [1.82, 2.24) is 0 Å². The van der Waals surface area contributed by atoms with Crippen molar-refractivity contribution in [2.24, 2.45) is 5.92 Å². The molecule has 0 N–H and O–H groups in total. The molecule has 1 aromatic carbocycles. The summed E-state index contributed by atoms with van der Waals surface area (Å²) >= 11 is 0. The smallest absolute Gasteiger partial charge is 0.302 e. The summed E-state index contributed by atoms with van der Waals surface area (Å²) in [4.78, 5) is 10.8. The average molecular weight is 206 g/mol. The number of hydrogen-bond acceptors (Lipinski definition) is 2. The standard InChI is InChI=1S/C13H18O2/c1-10(2)13(9-15-11(3)14)12-7-5-4-6-8-12/h4-8,10,13H,9H2,1-3H3/t13-/m0/s1. The average Bonchev–Trinajstić information content (AvgIpc) is 2.18. The number of rotatable bonds is 4. The monoisotopic (exact) mass is 206 g/mol. The molecule has 15 heavy (non-hydrogen) atoms. The molecule has 82 valence electrons. The fourth-order valence-corrected chi connectivity index (χ4v) is 1.58. The Kier molecular flexibility index (Phi) is 4.35. The second kappa shape index (κ2) is 5.54. The van der Waals surface area contributed by atoms with Gasteiger partial charge in [0.1, 0.15) is 0 Å². The van der Waals surface area contributed by atoms with E-state index in [4.69, 9.17) is 4.74 Å². The van der Waals surface area contributed by atoms with E-state index >= 15 is 0 Å². The number of hydrogen-bond donors (Lipinski definition) is 0. The Bertz CT molecular complexity index is 304. The summed E-state index contributed by atoms with van der Waals surface area (Å²) in [6.07, 6.45) is 0. The Morgan fingerprint density at radius 1 is 1.27 bits per heavy atom. The molecule has 0 aliphatic rings. The normalized spacial score (nSPS) is 12.5. The Hall–Kier alpha value is -1.31. The minimum atomic E-state index is -0.211. The van der Waals surface area contributed by atoms with Crippen LogP contribution >= 0.6 is 0 Å². The van der Waals surface area contributed by atoms with E-state index in [9.17, 15) is 4.79 Å². The van der Waals surface area contributed by atoms with Gasteiger partial charge in [0.2, 0.25) is 0 Å². The van der Waals surface area contributed by atoms with E-state index in [1.165, 1.54) is 12.5 Å². The zero-order chi connectivity index (χ0) is 11.3. The van der Waals surface area contributed by atoms with Crippen molar-refractivity contribution in [1.29, 1.82) is 0 Å². The lowest BCUT2D eigenvalue weighted by Crippen LogP contribution is -2.15. The number of esters is 1. The molecule has 1 rings (SSSR count). The van der Waals surface area contributed by atoms with E-state index in [0.717, 1.165) is 0 Å². The molecule has 0 radical (unpaired) electrons. The maximum atomic E-state index is 10.8. The van der Waals surface area contributed by atoms with Crippen molar-refractivity contribution in [2.75, 3.05) is 6.61 Å². The molecule has 0 saturated carbocycles.